The summed E-state index contributed by atoms with van der Waals surface area (Å²) in [5.41, 5.74) is 0.273. The van der Waals surface area contributed by atoms with Crippen LogP contribution in [-0.4, -0.2) is 25.3 Å². The summed E-state index contributed by atoms with van der Waals surface area (Å²) in [4.78, 5) is 5.71. The largest absolute Gasteiger partial charge is 0.369 e. The van der Waals surface area contributed by atoms with Crippen molar-refractivity contribution >= 4 is 28.0 Å². The van der Waals surface area contributed by atoms with Gasteiger partial charge in [0.2, 0.25) is 0 Å². The van der Waals surface area contributed by atoms with E-state index in [9.17, 15) is 4.39 Å². The van der Waals surface area contributed by atoms with Crippen LogP contribution in [-0.2, 0) is 0 Å². The van der Waals surface area contributed by atoms with Crippen LogP contribution in [0, 0.1) is 17.1 Å². The summed E-state index contributed by atoms with van der Waals surface area (Å²) in [7, 11) is 3.59. The van der Waals surface area contributed by atoms with Crippen molar-refractivity contribution in [1.82, 2.24) is 4.90 Å². The summed E-state index contributed by atoms with van der Waals surface area (Å²) in [5.74, 6) is -0.571. The Labute approximate surface area is 96.0 Å². The zero-order valence-corrected chi connectivity index (χ0v) is 9.92. The highest BCUT2D eigenvalue weighted by atomic mass is 79.9. The third kappa shape index (κ3) is 3.03. The highest BCUT2D eigenvalue weighted by molar-refractivity contribution is 9.10. The van der Waals surface area contributed by atoms with Gasteiger partial charge in [-0.1, -0.05) is 15.9 Å². The van der Waals surface area contributed by atoms with E-state index in [1.807, 2.05) is 0 Å². The van der Waals surface area contributed by atoms with Gasteiger partial charge in [-0.25, -0.2) is 9.38 Å². The van der Waals surface area contributed by atoms with Gasteiger partial charge in [0.1, 0.15) is 17.4 Å². The minimum atomic E-state index is -0.571. The molecule has 1 aromatic rings. The van der Waals surface area contributed by atoms with E-state index in [0.29, 0.717) is 10.2 Å². The highest BCUT2D eigenvalue weighted by Crippen LogP contribution is 2.26. The molecule has 0 radical (unpaired) electrons. The fraction of sp³-hybridized carbons (Fsp3) is 0.200. The van der Waals surface area contributed by atoms with Crippen molar-refractivity contribution in [2.24, 2.45) is 4.99 Å². The average Bonchev–Trinajstić information content (AvgIpc) is 2.13. The predicted molar refractivity (Wildman–Crippen MR) is 60.7 cm³/mol. The topological polar surface area (TPSA) is 39.4 Å². The number of benzene rings is 1. The number of hydrogen-bond acceptors (Lipinski definition) is 2. The molecule has 0 bridgehead atoms. The summed E-state index contributed by atoms with van der Waals surface area (Å²) in [5, 5.41) is 8.76. The first-order valence-corrected chi connectivity index (χ1v) is 4.93. The Hall–Kier alpha value is -1.41. The van der Waals surface area contributed by atoms with Crippen molar-refractivity contribution in [2.75, 3.05) is 14.1 Å². The SMILES string of the molecule is CN(C)/C=N\c1cc(Br)cc(F)c1C#N. The molecule has 5 heteroatoms. The molecule has 0 aliphatic carbocycles. The van der Waals surface area contributed by atoms with Crippen LogP contribution in [0.1, 0.15) is 5.56 Å². The van der Waals surface area contributed by atoms with Crippen molar-refractivity contribution in [3.05, 3.63) is 28.0 Å². The van der Waals surface area contributed by atoms with Crippen LogP contribution in [0.2, 0.25) is 0 Å². The van der Waals surface area contributed by atoms with Crippen LogP contribution in [0.4, 0.5) is 10.1 Å². The molecule has 0 saturated carbocycles. The average molecular weight is 270 g/mol. The molecule has 0 fully saturated rings. The molecule has 0 heterocycles. The summed E-state index contributed by atoms with van der Waals surface area (Å²) in [6.45, 7) is 0. The molecule has 0 aliphatic heterocycles. The van der Waals surface area contributed by atoms with E-state index < -0.39 is 5.82 Å². The van der Waals surface area contributed by atoms with Crippen LogP contribution >= 0.6 is 15.9 Å². The van der Waals surface area contributed by atoms with E-state index in [1.54, 1.807) is 31.1 Å². The zero-order chi connectivity index (χ0) is 11.4. The summed E-state index contributed by atoms with van der Waals surface area (Å²) in [6.07, 6.45) is 1.52. The fourth-order valence-electron chi connectivity index (χ4n) is 0.950. The van der Waals surface area contributed by atoms with Crippen molar-refractivity contribution in [1.29, 1.82) is 5.26 Å². The van der Waals surface area contributed by atoms with Crippen molar-refractivity contribution in [2.45, 2.75) is 0 Å². The Kier molecular flexibility index (Phi) is 3.81. The molecule has 1 rings (SSSR count). The van der Waals surface area contributed by atoms with E-state index >= 15 is 0 Å². The monoisotopic (exact) mass is 269 g/mol. The normalized spacial score (nSPS) is 10.3. The number of rotatable bonds is 2. The van der Waals surface area contributed by atoms with Crippen LogP contribution in [0.15, 0.2) is 21.6 Å². The minimum absolute atomic E-state index is 0.0451. The first kappa shape index (κ1) is 11.7. The Morgan fingerprint density at radius 2 is 2.20 bits per heavy atom. The first-order chi connectivity index (χ1) is 7.04. The number of nitrogens with zero attached hydrogens (tertiary/aromatic N) is 3. The van der Waals surface area contributed by atoms with E-state index in [4.69, 9.17) is 5.26 Å². The standard InChI is InChI=1S/C10H9BrFN3/c1-15(2)6-14-10-4-7(11)3-9(12)8(10)5-13/h3-4,6H,1-2H3/b14-6-. The van der Waals surface area contributed by atoms with Gasteiger partial charge >= 0.3 is 0 Å². The Balaban J connectivity index is 3.22. The van der Waals surface area contributed by atoms with E-state index in [-0.39, 0.29) is 5.56 Å². The third-order valence-corrected chi connectivity index (χ3v) is 2.03. The maximum atomic E-state index is 13.3. The quantitative estimate of drug-likeness (QED) is 0.612. The Morgan fingerprint density at radius 3 is 2.73 bits per heavy atom. The molecule has 0 atom stereocenters. The van der Waals surface area contributed by atoms with Gasteiger partial charge in [0.15, 0.2) is 0 Å². The van der Waals surface area contributed by atoms with Gasteiger partial charge in [0.05, 0.1) is 12.0 Å². The number of halogens is 2. The molecular weight excluding hydrogens is 261 g/mol. The summed E-state index contributed by atoms with van der Waals surface area (Å²) >= 11 is 3.15. The summed E-state index contributed by atoms with van der Waals surface area (Å²) in [6, 6.07) is 4.63. The minimum Gasteiger partial charge on any atom is -0.369 e. The lowest BCUT2D eigenvalue weighted by atomic mass is 10.2. The van der Waals surface area contributed by atoms with Crippen molar-refractivity contribution in [3.8, 4) is 6.07 Å². The second-order valence-corrected chi connectivity index (χ2v) is 4.02. The molecule has 0 N–H and O–H groups in total. The van der Waals surface area contributed by atoms with E-state index in [0.717, 1.165) is 0 Å². The molecule has 0 spiro atoms. The molecule has 0 aromatic heterocycles. The summed E-state index contributed by atoms with van der Waals surface area (Å²) < 4.78 is 13.9. The molecule has 1 aromatic carbocycles. The predicted octanol–water partition coefficient (Wildman–Crippen LogP) is 2.68. The smallest absolute Gasteiger partial charge is 0.144 e. The second-order valence-electron chi connectivity index (χ2n) is 3.10. The van der Waals surface area contributed by atoms with Gasteiger partial charge in [-0.15, -0.1) is 0 Å². The number of aliphatic imine (C=N–C) groups is 1. The molecular formula is C10H9BrFN3. The van der Waals surface area contributed by atoms with Crippen LogP contribution in [0.25, 0.3) is 0 Å². The lowest BCUT2D eigenvalue weighted by Crippen LogP contribution is -2.07. The molecule has 0 unspecified atom stereocenters. The van der Waals surface area contributed by atoms with Gasteiger partial charge < -0.3 is 4.90 Å². The van der Waals surface area contributed by atoms with Gasteiger partial charge in [-0.2, -0.15) is 5.26 Å². The van der Waals surface area contributed by atoms with Gasteiger partial charge in [-0.3, -0.25) is 0 Å². The van der Waals surface area contributed by atoms with Crippen LogP contribution in [0.3, 0.4) is 0 Å². The Morgan fingerprint density at radius 1 is 1.53 bits per heavy atom. The lowest BCUT2D eigenvalue weighted by molar-refractivity contribution is 0.622. The Bertz CT molecular complexity index is 435. The van der Waals surface area contributed by atoms with Crippen molar-refractivity contribution < 1.29 is 4.39 Å². The molecule has 15 heavy (non-hydrogen) atoms. The first-order valence-electron chi connectivity index (χ1n) is 4.14. The maximum Gasteiger partial charge on any atom is 0.144 e. The van der Waals surface area contributed by atoms with E-state index in [1.165, 1.54) is 12.4 Å². The lowest BCUT2D eigenvalue weighted by Gasteiger charge is -2.04. The molecule has 78 valence electrons. The molecule has 3 nitrogen and oxygen atoms in total. The molecule has 0 saturated heterocycles. The fourth-order valence-corrected chi connectivity index (χ4v) is 1.37. The second kappa shape index (κ2) is 4.89. The van der Waals surface area contributed by atoms with Crippen LogP contribution in [0.5, 0.6) is 0 Å². The zero-order valence-electron chi connectivity index (χ0n) is 8.33. The van der Waals surface area contributed by atoms with E-state index in [2.05, 4.69) is 20.9 Å². The molecule has 0 amide bonds. The van der Waals surface area contributed by atoms with Gasteiger partial charge in [0.25, 0.3) is 0 Å². The van der Waals surface area contributed by atoms with Crippen molar-refractivity contribution in [3.63, 3.8) is 0 Å². The maximum absolute atomic E-state index is 13.3. The van der Waals surface area contributed by atoms with Crippen LogP contribution < -0.4 is 0 Å². The van der Waals surface area contributed by atoms with Gasteiger partial charge in [0, 0.05) is 18.6 Å². The van der Waals surface area contributed by atoms with Gasteiger partial charge in [-0.05, 0) is 12.1 Å². The number of nitriles is 1. The third-order valence-electron chi connectivity index (χ3n) is 1.57. The highest BCUT2D eigenvalue weighted by Gasteiger charge is 2.08. The number of hydrogen-bond donors (Lipinski definition) is 0. The molecule has 0 aliphatic rings.